The highest BCUT2D eigenvalue weighted by Crippen LogP contribution is 2.11. The zero-order chi connectivity index (χ0) is 16.8. The number of nitrogens with zero attached hydrogens (tertiary/aromatic N) is 1. The summed E-state index contributed by atoms with van der Waals surface area (Å²) >= 11 is 0. The molecule has 0 bridgehead atoms. The molecule has 0 radical (unpaired) electrons. The van der Waals surface area contributed by atoms with Crippen molar-refractivity contribution in [2.24, 2.45) is 0 Å². The van der Waals surface area contributed by atoms with Gasteiger partial charge in [-0.3, -0.25) is 9.59 Å². The number of hydrogen-bond donors (Lipinski definition) is 3. The van der Waals surface area contributed by atoms with Crippen LogP contribution in [0.25, 0.3) is 0 Å². The van der Waals surface area contributed by atoms with E-state index in [2.05, 4.69) is 13.0 Å². The summed E-state index contributed by atoms with van der Waals surface area (Å²) in [6, 6.07) is 0. The average molecular weight is 316 g/mol. The van der Waals surface area contributed by atoms with Crippen molar-refractivity contribution < 1.29 is 29.4 Å². The molecule has 0 aromatic heterocycles. The molecule has 0 heterocycles. The number of carbonyl (C=O) groups is 2. The van der Waals surface area contributed by atoms with Crippen molar-refractivity contribution in [3.05, 3.63) is 12.2 Å². The first-order chi connectivity index (χ1) is 10.5. The SMILES string of the molecule is CCCCC/C=C/C[N+](CCO)(CCC(=O)O)CCC(=O)O. The van der Waals surface area contributed by atoms with Crippen molar-refractivity contribution in [2.75, 3.05) is 32.8 Å². The van der Waals surface area contributed by atoms with Crippen LogP contribution in [0, 0.1) is 0 Å². The lowest BCUT2D eigenvalue weighted by Gasteiger charge is -2.37. The molecule has 22 heavy (non-hydrogen) atoms. The Hall–Kier alpha value is -1.40. The van der Waals surface area contributed by atoms with E-state index in [1.807, 2.05) is 6.08 Å². The molecule has 0 aromatic carbocycles. The molecule has 0 amide bonds. The first kappa shape index (κ1) is 20.6. The summed E-state index contributed by atoms with van der Waals surface area (Å²) < 4.78 is 0.305. The predicted molar refractivity (Wildman–Crippen MR) is 84.6 cm³/mol. The van der Waals surface area contributed by atoms with Gasteiger partial charge in [0.15, 0.2) is 0 Å². The number of quaternary nitrogens is 1. The van der Waals surface area contributed by atoms with E-state index in [-0.39, 0.29) is 19.4 Å². The molecule has 3 N–H and O–H groups in total. The molecule has 0 rings (SSSR count). The highest BCUT2D eigenvalue weighted by molar-refractivity contribution is 5.67. The van der Waals surface area contributed by atoms with Crippen LogP contribution in [0.5, 0.6) is 0 Å². The van der Waals surface area contributed by atoms with Gasteiger partial charge in [-0.15, -0.1) is 0 Å². The minimum atomic E-state index is -0.900. The fraction of sp³-hybridized carbons (Fsp3) is 0.750. The highest BCUT2D eigenvalue weighted by atomic mass is 16.4. The van der Waals surface area contributed by atoms with Gasteiger partial charge in [0.05, 0.1) is 39.1 Å². The molecule has 0 spiro atoms. The molecule has 0 aliphatic heterocycles. The normalized spacial score (nSPS) is 11.9. The fourth-order valence-corrected chi connectivity index (χ4v) is 2.42. The van der Waals surface area contributed by atoms with E-state index in [0.717, 1.165) is 19.3 Å². The van der Waals surface area contributed by atoms with E-state index in [0.29, 0.717) is 30.7 Å². The summed E-state index contributed by atoms with van der Waals surface area (Å²) in [5, 5.41) is 27.0. The third kappa shape index (κ3) is 10.3. The quantitative estimate of drug-likeness (QED) is 0.258. The van der Waals surface area contributed by atoms with Gasteiger partial charge in [0.1, 0.15) is 6.54 Å². The average Bonchev–Trinajstić information content (AvgIpc) is 2.46. The lowest BCUT2D eigenvalue weighted by atomic mass is 10.2. The number of carboxylic acids is 2. The molecule has 0 aliphatic rings. The molecule has 0 unspecified atom stereocenters. The van der Waals surface area contributed by atoms with Crippen LogP contribution >= 0.6 is 0 Å². The van der Waals surface area contributed by atoms with Crippen molar-refractivity contribution >= 4 is 11.9 Å². The molecule has 0 saturated heterocycles. The third-order valence-electron chi connectivity index (χ3n) is 3.81. The molecule has 6 nitrogen and oxygen atoms in total. The molecule has 0 aromatic rings. The number of unbranched alkanes of at least 4 members (excludes halogenated alkanes) is 3. The Kier molecular flexibility index (Phi) is 11.4. The van der Waals surface area contributed by atoms with Crippen molar-refractivity contribution in [3.8, 4) is 0 Å². The largest absolute Gasteiger partial charge is 0.481 e. The second kappa shape index (κ2) is 12.2. The molecule has 0 saturated carbocycles. The van der Waals surface area contributed by atoms with Crippen LogP contribution in [0.3, 0.4) is 0 Å². The number of aliphatic hydroxyl groups is 1. The Balaban J connectivity index is 4.68. The van der Waals surface area contributed by atoms with Crippen LogP contribution in [-0.4, -0.2) is 64.5 Å². The molecule has 0 aliphatic carbocycles. The fourth-order valence-electron chi connectivity index (χ4n) is 2.42. The zero-order valence-corrected chi connectivity index (χ0v) is 13.5. The summed E-state index contributed by atoms with van der Waals surface area (Å²) in [6.07, 6.45) is 8.46. The Bertz CT molecular complexity index is 336. The molecular formula is C16H30NO5+. The van der Waals surface area contributed by atoms with E-state index in [4.69, 9.17) is 10.2 Å². The van der Waals surface area contributed by atoms with Crippen molar-refractivity contribution in [2.45, 2.75) is 45.4 Å². The van der Waals surface area contributed by atoms with Crippen molar-refractivity contribution in [1.82, 2.24) is 0 Å². The second-order valence-electron chi connectivity index (χ2n) is 5.67. The summed E-state index contributed by atoms with van der Waals surface area (Å²) in [5.74, 6) is -1.80. The van der Waals surface area contributed by atoms with Crippen molar-refractivity contribution in [3.63, 3.8) is 0 Å². The first-order valence-corrected chi connectivity index (χ1v) is 8.00. The van der Waals surface area contributed by atoms with E-state index in [1.54, 1.807) is 0 Å². The number of aliphatic hydroxyl groups excluding tert-OH is 1. The van der Waals surface area contributed by atoms with Crippen LogP contribution in [0.15, 0.2) is 12.2 Å². The van der Waals surface area contributed by atoms with Gasteiger partial charge in [0.2, 0.25) is 0 Å². The van der Waals surface area contributed by atoms with Crippen LogP contribution in [0.2, 0.25) is 0 Å². The Labute approximate surface area is 132 Å². The maximum atomic E-state index is 10.8. The number of hydrogen-bond acceptors (Lipinski definition) is 3. The molecule has 0 fully saturated rings. The van der Waals surface area contributed by atoms with Gasteiger partial charge in [0, 0.05) is 0 Å². The monoisotopic (exact) mass is 316 g/mol. The number of allylic oxidation sites excluding steroid dienone is 1. The Morgan fingerprint density at radius 1 is 0.955 bits per heavy atom. The Morgan fingerprint density at radius 2 is 1.55 bits per heavy atom. The summed E-state index contributed by atoms with van der Waals surface area (Å²) in [4.78, 5) is 21.7. The number of aliphatic carboxylic acids is 2. The summed E-state index contributed by atoms with van der Waals surface area (Å²) in [5.41, 5.74) is 0. The van der Waals surface area contributed by atoms with Crippen LogP contribution in [0.4, 0.5) is 0 Å². The van der Waals surface area contributed by atoms with Gasteiger partial charge in [-0.2, -0.15) is 0 Å². The van der Waals surface area contributed by atoms with E-state index < -0.39 is 11.9 Å². The molecular weight excluding hydrogens is 286 g/mol. The minimum absolute atomic E-state index is 0.0245. The number of rotatable bonds is 14. The van der Waals surface area contributed by atoms with Gasteiger partial charge in [-0.25, -0.2) is 0 Å². The van der Waals surface area contributed by atoms with Gasteiger partial charge in [0.25, 0.3) is 0 Å². The van der Waals surface area contributed by atoms with Crippen LogP contribution in [0.1, 0.15) is 45.4 Å². The smallest absolute Gasteiger partial charge is 0.309 e. The zero-order valence-electron chi connectivity index (χ0n) is 13.5. The van der Waals surface area contributed by atoms with E-state index in [9.17, 15) is 14.7 Å². The number of carboxylic acid groups (broad SMARTS) is 2. The molecule has 0 atom stereocenters. The van der Waals surface area contributed by atoms with Crippen molar-refractivity contribution in [1.29, 1.82) is 0 Å². The van der Waals surface area contributed by atoms with Crippen LogP contribution < -0.4 is 0 Å². The predicted octanol–water partition coefficient (Wildman–Crippen LogP) is 1.88. The minimum Gasteiger partial charge on any atom is -0.481 e. The van der Waals surface area contributed by atoms with E-state index >= 15 is 0 Å². The first-order valence-electron chi connectivity index (χ1n) is 8.00. The van der Waals surface area contributed by atoms with Gasteiger partial charge >= 0.3 is 11.9 Å². The maximum Gasteiger partial charge on any atom is 0.309 e. The van der Waals surface area contributed by atoms with Crippen LogP contribution in [-0.2, 0) is 9.59 Å². The van der Waals surface area contributed by atoms with E-state index in [1.165, 1.54) is 6.42 Å². The molecule has 128 valence electrons. The topological polar surface area (TPSA) is 94.8 Å². The lowest BCUT2D eigenvalue weighted by Crippen LogP contribution is -2.52. The maximum absolute atomic E-state index is 10.8. The summed E-state index contributed by atoms with van der Waals surface area (Å²) in [6.45, 7) is 3.67. The standard InChI is InChI=1S/C16H29NO5/c1-2-3-4-5-6-7-10-17(13-14-18,11-8-15(19)20)12-9-16(21)22/h6-7,18H,2-5,8-14H2,1H3,(H-,19,20,21,22)/p+1/b7-6+. The van der Waals surface area contributed by atoms with Gasteiger partial charge in [-0.05, 0) is 18.9 Å². The van der Waals surface area contributed by atoms with Gasteiger partial charge < -0.3 is 19.8 Å². The van der Waals surface area contributed by atoms with Gasteiger partial charge in [-0.1, -0.05) is 25.8 Å². The Morgan fingerprint density at radius 3 is 2.00 bits per heavy atom. The second-order valence-corrected chi connectivity index (χ2v) is 5.67. The molecule has 6 heteroatoms. The highest BCUT2D eigenvalue weighted by Gasteiger charge is 2.27. The lowest BCUT2D eigenvalue weighted by molar-refractivity contribution is -0.922. The summed E-state index contributed by atoms with van der Waals surface area (Å²) in [7, 11) is 0. The third-order valence-corrected chi connectivity index (χ3v) is 3.81.